The zero-order valence-corrected chi connectivity index (χ0v) is 13.5. The van der Waals surface area contributed by atoms with Crippen molar-refractivity contribution in [2.45, 2.75) is 25.3 Å². The van der Waals surface area contributed by atoms with Crippen molar-refractivity contribution in [2.24, 2.45) is 0 Å². The van der Waals surface area contributed by atoms with E-state index in [0.29, 0.717) is 23.2 Å². The van der Waals surface area contributed by atoms with E-state index in [0.717, 1.165) is 0 Å². The van der Waals surface area contributed by atoms with Crippen LogP contribution in [0.1, 0.15) is 24.3 Å². The Kier molecular flexibility index (Phi) is 4.12. The minimum Gasteiger partial charge on any atom is -0.439 e. The number of ether oxygens (including phenoxy) is 1. The minimum atomic E-state index is -0.116. The fourth-order valence-electron chi connectivity index (χ4n) is 2.51. The Hall–Kier alpha value is -3.22. The van der Waals surface area contributed by atoms with Gasteiger partial charge in [0.2, 0.25) is 11.8 Å². The van der Waals surface area contributed by atoms with Crippen molar-refractivity contribution in [1.29, 1.82) is 0 Å². The number of anilines is 1. The van der Waals surface area contributed by atoms with E-state index in [2.05, 4.69) is 20.4 Å². The highest BCUT2D eigenvalue weighted by Crippen LogP contribution is 2.39. The normalized spacial score (nSPS) is 13.4. The second kappa shape index (κ2) is 6.72. The number of benzene rings is 1. The van der Waals surface area contributed by atoms with Crippen molar-refractivity contribution < 1.29 is 9.53 Å². The van der Waals surface area contributed by atoms with Crippen molar-refractivity contribution in [2.75, 3.05) is 5.32 Å². The van der Waals surface area contributed by atoms with Gasteiger partial charge in [-0.05, 0) is 48.6 Å². The molecule has 0 bridgehead atoms. The van der Waals surface area contributed by atoms with E-state index in [-0.39, 0.29) is 12.5 Å². The second-order valence-corrected chi connectivity index (χ2v) is 5.97. The van der Waals surface area contributed by atoms with Gasteiger partial charge in [0.05, 0.1) is 6.20 Å². The number of nitrogens with zero attached hydrogens (tertiary/aromatic N) is 4. The van der Waals surface area contributed by atoms with E-state index in [1.165, 1.54) is 24.7 Å². The molecule has 2 heterocycles. The molecule has 25 heavy (non-hydrogen) atoms. The van der Waals surface area contributed by atoms with Gasteiger partial charge in [0.1, 0.15) is 18.6 Å². The van der Waals surface area contributed by atoms with E-state index in [4.69, 9.17) is 4.74 Å². The zero-order valence-electron chi connectivity index (χ0n) is 13.5. The molecule has 1 aliphatic carbocycles. The fraction of sp³-hybridized carbons (Fsp3) is 0.222. The maximum atomic E-state index is 12.1. The van der Waals surface area contributed by atoms with E-state index in [9.17, 15) is 4.79 Å². The number of hydrogen-bond acceptors (Lipinski definition) is 5. The highest BCUT2D eigenvalue weighted by atomic mass is 16.5. The summed E-state index contributed by atoms with van der Waals surface area (Å²) < 4.78 is 7.26. The zero-order chi connectivity index (χ0) is 17.1. The third-order valence-corrected chi connectivity index (χ3v) is 3.92. The largest absolute Gasteiger partial charge is 0.439 e. The molecule has 7 nitrogen and oxygen atoms in total. The Labute approximate surface area is 144 Å². The maximum Gasteiger partial charge on any atom is 0.246 e. The molecule has 1 fully saturated rings. The lowest BCUT2D eigenvalue weighted by Crippen LogP contribution is -2.18. The van der Waals surface area contributed by atoms with Gasteiger partial charge < -0.3 is 10.1 Å². The highest BCUT2D eigenvalue weighted by Gasteiger charge is 2.24. The Bertz CT molecular complexity index is 857. The molecule has 1 aliphatic rings. The van der Waals surface area contributed by atoms with Crippen LogP contribution in [0.25, 0.3) is 0 Å². The molecule has 7 heteroatoms. The summed E-state index contributed by atoms with van der Waals surface area (Å²) in [4.78, 5) is 20.0. The van der Waals surface area contributed by atoms with Gasteiger partial charge in [-0.3, -0.25) is 9.48 Å². The second-order valence-electron chi connectivity index (χ2n) is 5.97. The van der Waals surface area contributed by atoms with E-state index in [1.54, 1.807) is 41.2 Å². The average Bonchev–Trinajstić information content (AvgIpc) is 3.37. The summed E-state index contributed by atoms with van der Waals surface area (Å²) in [6.07, 6.45) is 9.29. The molecule has 0 aliphatic heterocycles. The summed E-state index contributed by atoms with van der Waals surface area (Å²) in [6.45, 7) is 0.200. The SMILES string of the molecule is O=C(Cn1cc(C2CC2)cn1)Nc1ccc(Oc2ccncn2)cc1. The van der Waals surface area contributed by atoms with Crippen molar-refractivity contribution in [1.82, 2.24) is 19.7 Å². The van der Waals surface area contributed by atoms with Gasteiger partial charge in [0, 0.05) is 24.1 Å². The molecule has 0 spiro atoms. The van der Waals surface area contributed by atoms with Crippen LogP contribution in [0.4, 0.5) is 5.69 Å². The van der Waals surface area contributed by atoms with Gasteiger partial charge in [-0.15, -0.1) is 0 Å². The van der Waals surface area contributed by atoms with Gasteiger partial charge in [-0.1, -0.05) is 0 Å². The highest BCUT2D eigenvalue weighted by molar-refractivity contribution is 5.90. The molecular formula is C18H17N5O2. The molecule has 0 unspecified atom stereocenters. The molecule has 1 amide bonds. The van der Waals surface area contributed by atoms with Crippen LogP contribution in [0.3, 0.4) is 0 Å². The summed E-state index contributed by atoms with van der Waals surface area (Å²) >= 11 is 0. The molecule has 3 aromatic rings. The topological polar surface area (TPSA) is 81.9 Å². The van der Waals surface area contributed by atoms with Crippen molar-refractivity contribution in [3.05, 3.63) is 60.8 Å². The molecule has 1 N–H and O–H groups in total. The average molecular weight is 335 g/mol. The van der Waals surface area contributed by atoms with Gasteiger partial charge in [0.25, 0.3) is 0 Å². The number of aromatic nitrogens is 4. The van der Waals surface area contributed by atoms with Crippen LogP contribution in [0, 0.1) is 0 Å². The van der Waals surface area contributed by atoms with E-state index < -0.39 is 0 Å². The number of hydrogen-bond donors (Lipinski definition) is 1. The van der Waals surface area contributed by atoms with Crippen LogP contribution in [0.5, 0.6) is 11.6 Å². The van der Waals surface area contributed by atoms with E-state index in [1.807, 2.05) is 12.4 Å². The standard InChI is InChI=1S/C18H17N5O2/c24-17(11-23-10-14(9-21-23)13-1-2-13)22-15-3-5-16(6-4-15)25-18-7-8-19-12-20-18/h3-10,12-13H,1-2,11H2,(H,22,24). The van der Waals surface area contributed by atoms with Gasteiger partial charge >= 0.3 is 0 Å². The molecule has 0 radical (unpaired) electrons. The first-order valence-corrected chi connectivity index (χ1v) is 8.12. The number of nitrogens with one attached hydrogen (secondary N) is 1. The maximum absolute atomic E-state index is 12.1. The Morgan fingerprint density at radius 3 is 2.80 bits per heavy atom. The number of rotatable bonds is 6. The summed E-state index contributed by atoms with van der Waals surface area (Å²) in [5.74, 6) is 1.63. The lowest BCUT2D eigenvalue weighted by molar-refractivity contribution is -0.116. The Morgan fingerprint density at radius 2 is 2.08 bits per heavy atom. The monoisotopic (exact) mass is 335 g/mol. The summed E-state index contributed by atoms with van der Waals surface area (Å²) in [6, 6.07) is 8.80. The van der Waals surface area contributed by atoms with Crippen molar-refractivity contribution in [3.63, 3.8) is 0 Å². The molecular weight excluding hydrogens is 318 g/mol. The predicted octanol–water partition coefficient (Wildman–Crippen LogP) is 2.98. The van der Waals surface area contributed by atoms with Crippen LogP contribution in [-0.2, 0) is 11.3 Å². The Balaban J connectivity index is 1.33. The van der Waals surface area contributed by atoms with Crippen LogP contribution in [-0.4, -0.2) is 25.7 Å². The van der Waals surface area contributed by atoms with Crippen LogP contribution < -0.4 is 10.1 Å². The summed E-state index contributed by atoms with van der Waals surface area (Å²) in [5.41, 5.74) is 1.92. The molecule has 4 rings (SSSR count). The van der Waals surface area contributed by atoms with Crippen LogP contribution >= 0.6 is 0 Å². The number of amides is 1. The van der Waals surface area contributed by atoms with Crippen molar-refractivity contribution >= 4 is 11.6 Å². The van der Waals surface area contributed by atoms with Crippen molar-refractivity contribution in [3.8, 4) is 11.6 Å². The minimum absolute atomic E-state index is 0.116. The third-order valence-electron chi connectivity index (χ3n) is 3.92. The molecule has 1 aromatic carbocycles. The molecule has 0 atom stereocenters. The smallest absolute Gasteiger partial charge is 0.246 e. The number of carbonyl (C=O) groups excluding carboxylic acids is 1. The summed E-state index contributed by atoms with van der Waals surface area (Å²) in [7, 11) is 0. The van der Waals surface area contributed by atoms with Gasteiger partial charge in [-0.25, -0.2) is 9.97 Å². The van der Waals surface area contributed by atoms with Gasteiger partial charge in [-0.2, -0.15) is 5.10 Å². The molecule has 2 aromatic heterocycles. The molecule has 0 saturated heterocycles. The lowest BCUT2D eigenvalue weighted by Gasteiger charge is -2.07. The molecule has 1 saturated carbocycles. The first kappa shape index (κ1) is 15.3. The van der Waals surface area contributed by atoms with Crippen LogP contribution in [0.15, 0.2) is 55.2 Å². The van der Waals surface area contributed by atoms with E-state index >= 15 is 0 Å². The van der Waals surface area contributed by atoms with Crippen LogP contribution in [0.2, 0.25) is 0 Å². The Morgan fingerprint density at radius 1 is 1.24 bits per heavy atom. The lowest BCUT2D eigenvalue weighted by atomic mass is 10.2. The van der Waals surface area contributed by atoms with Gasteiger partial charge in [0.15, 0.2) is 0 Å². The fourth-order valence-corrected chi connectivity index (χ4v) is 2.51. The molecule has 126 valence electrons. The number of carbonyl (C=O) groups is 1. The quantitative estimate of drug-likeness (QED) is 0.749. The third kappa shape index (κ3) is 4.00. The summed E-state index contributed by atoms with van der Waals surface area (Å²) in [5, 5.41) is 7.10. The predicted molar refractivity (Wildman–Crippen MR) is 91.4 cm³/mol. The first-order valence-electron chi connectivity index (χ1n) is 8.12. The first-order chi connectivity index (χ1) is 12.3.